The molecule has 4 aromatic carbocycles. The minimum absolute atomic E-state index is 0.145. The summed E-state index contributed by atoms with van der Waals surface area (Å²) in [4.78, 5) is 41.4. The first-order valence-electron chi connectivity index (χ1n) is 10.8. The standard InChI is InChI=1S/C24H24O7Si4/c25-34(31-35(26,27)28,24-19-11-4-12-20-24)30-33(22-15-7-2-8-16-22,23-17-9-3-10-18-23)29-32-21-13-5-1-6-14-21/h1-20,25-28H. The maximum Gasteiger partial charge on any atom is 0.664 e. The Morgan fingerprint density at radius 3 is 1.31 bits per heavy atom. The van der Waals surface area contributed by atoms with Gasteiger partial charge >= 0.3 is 26.4 Å². The fourth-order valence-corrected chi connectivity index (χ4v) is 14.1. The molecule has 0 aliphatic heterocycles. The maximum absolute atomic E-state index is 11.8. The average molecular weight is 537 g/mol. The number of hydrogen-bond donors (Lipinski definition) is 4. The number of benzene rings is 4. The van der Waals surface area contributed by atoms with E-state index in [1.165, 1.54) is 0 Å². The Hall–Kier alpha value is -2.53. The Morgan fingerprint density at radius 1 is 0.486 bits per heavy atom. The summed E-state index contributed by atoms with van der Waals surface area (Å²) in [5, 5.41) is 2.48. The third-order valence-electron chi connectivity index (χ3n) is 5.09. The molecule has 7 nitrogen and oxygen atoms in total. The van der Waals surface area contributed by atoms with E-state index in [0.29, 0.717) is 10.4 Å². The second kappa shape index (κ2) is 11.0. The van der Waals surface area contributed by atoms with Crippen molar-refractivity contribution in [1.82, 2.24) is 0 Å². The van der Waals surface area contributed by atoms with E-state index < -0.39 is 26.4 Å². The quantitative estimate of drug-likeness (QED) is 0.202. The third-order valence-corrected chi connectivity index (χ3v) is 14.9. The van der Waals surface area contributed by atoms with Crippen LogP contribution in [-0.2, 0) is 12.3 Å². The van der Waals surface area contributed by atoms with Crippen LogP contribution in [0.3, 0.4) is 0 Å². The van der Waals surface area contributed by atoms with E-state index in [2.05, 4.69) is 0 Å². The van der Waals surface area contributed by atoms with Crippen molar-refractivity contribution < 1.29 is 31.5 Å². The zero-order valence-electron chi connectivity index (χ0n) is 18.6. The molecule has 2 radical (unpaired) electrons. The molecule has 0 saturated carbocycles. The van der Waals surface area contributed by atoms with E-state index in [1.807, 2.05) is 91.0 Å². The molecule has 178 valence electrons. The molecule has 0 bridgehead atoms. The number of rotatable bonds is 10. The summed E-state index contributed by atoms with van der Waals surface area (Å²) in [5.41, 5.74) is 0. The predicted octanol–water partition coefficient (Wildman–Crippen LogP) is -0.512. The third kappa shape index (κ3) is 6.38. The van der Waals surface area contributed by atoms with Crippen molar-refractivity contribution in [3.63, 3.8) is 0 Å². The van der Waals surface area contributed by atoms with Gasteiger partial charge in [0.1, 0.15) is 0 Å². The summed E-state index contributed by atoms with van der Waals surface area (Å²) in [6, 6.07) is 36.2. The highest BCUT2D eigenvalue weighted by molar-refractivity contribution is 7.01. The lowest BCUT2D eigenvalue weighted by atomic mass is 10.4. The summed E-state index contributed by atoms with van der Waals surface area (Å²) >= 11 is 0. The maximum atomic E-state index is 11.8. The molecule has 1 unspecified atom stereocenters. The summed E-state index contributed by atoms with van der Waals surface area (Å²) in [5.74, 6) is 0. The highest BCUT2D eigenvalue weighted by Gasteiger charge is 2.57. The van der Waals surface area contributed by atoms with Gasteiger partial charge in [-0.15, -0.1) is 0 Å². The molecule has 11 heteroatoms. The Kier molecular flexibility index (Phi) is 8.05. The molecule has 0 fully saturated rings. The van der Waals surface area contributed by atoms with Crippen LogP contribution in [-0.4, -0.2) is 55.4 Å². The van der Waals surface area contributed by atoms with Gasteiger partial charge in [0.15, 0.2) is 0 Å². The van der Waals surface area contributed by atoms with Gasteiger partial charge in [-0.1, -0.05) is 121 Å². The summed E-state index contributed by atoms with van der Waals surface area (Å²) < 4.78 is 18.4. The first-order valence-corrected chi connectivity index (χ1v) is 17.0. The molecule has 1 atom stereocenters. The second-order valence-electron chi connectivity index (χ2n) is 7.64. The second-order valence-corrected chi connectivity index (χ2v) is 16.2. The van der Waals surface area contributed by atoms with Crippen molar-refractivity contribution in [3.8, 4) is 0 Å². The van der Waals surface area contributed by atoms with Crippen LogP contribution in [0.15, 0.2) is 121 Å². The summed E-state index contributed by atoms with van der Waals surface area (Å²) in [7, 11) is -13.8. The van der Waals surface area contributed by atoms with Crippen LogP contribution in [0.2, 0.25) is 0 Å². The van der Waals surface area contributed by atoms with Gasteiger partial charge in [0.2, 0.25) is 0 Å². The molecule has 0 spiro atoms. The first kappa shape index (κ1) is 25.6. The zero-order chi connectivity index (χ0) is 24.8. The number of hydrogen-bond acceptors (Lipinski definition) is 7. The van der Waals surface area contributed by atoms with Crippen LogP contribution in [0.25, 0.3) is 0 Å². The Balaban J connectivity index is 1.89. The fraction of sp³-hybridized carbons (Fsp3) is 0. The van der Waals surface area contributed by atoms with Gasteiger partial charge in [0.25, 0.3) is 9.76 Å². The topological polar surface area (TPSA) is 109 Å². The largest absolute Gasteiger partial charge is 0.664 e. The fourth-order valence-electron chi connectivity index (χ4n) is 3.54. The van der Waals surface area contributed by atoms with Gasteiger partial charge in [0.05, 0.1) is 0 Å². The predicted molar refractivity (Wildman–Crippen MR) is 139 cm³/mol. The van der Waals surface area contributed by atoms with E-state index >= 15 is 0 Å². The monoisotopic (exact) mass is 536 g/mol. The minimum atomic E-state index is -5.21. The van der Waals surface area contributed by atoms with Crippen LogP contribution in [0.1, 0.15) is 0 Å². The molecule has 0 saturated heterocycles. The molecule has 0 aliphatic rings. The van der Waals surface area contributed by atoms with Gasteiger partial charge in [0, 0.05) is 5.19 Å². The Morgan fingerprint density at radius 2 is 0.886 bits per heavy atom. The van der Waals surface area contributed by atoms with E-state index in [4.69, 9.17) is 12.3 Å². The van der Waals surface area contributed by atoms with Gasteiger partial charge < -0.3 is 31.5 Å². The SMILES string of the molecule is O[Si](O)(O)O[Si](O)(O[Si](O[Si]c1ccccc1)(c1ccccc1)c1ccccc1)c1ccccc1. The molecule has 4 rings (SSSR count). The highest BCUT2D eigenvalue weighted by atomic mass is 28.5. The molecule has 4 N–H and O–H groups in total. The van der Waals surface area contributed by atoms with Crippen LogP contribution in [0.4, 0.5) is 0 Å². The van der Waals surface area contributed by atoms with Crippen molar-refractivity contribution in [2.75, 3.05) is 0 Å². The van der Waals surface area contributed by atoms with E-state index in [0.717, 1.165) is 5.19 Å². The molecule has 0 heterocycles. The van der Waals surface area contributed by atoms with Crippen molar-refractivity contribution >= 4 is 56.9 Å². The highest BCUT2D eigenvalue weighted by Crippen LogP contribution is 2.18. The first-order chi connectivity index (χ1) is 16.8. The van der Waals surface area contributed by atoms with Crippen molar-refractivity contribution in [1.29, 1.82) is 0 Å². The van der Waals surface area contributed by atoms with Crippen LogP contribution in [0, 0.1) is 0 Å². The van der Waals surface area contributed by atoms with Crippen molar-refractivity contribution in [3.05, 3.63) is 121 Å². The average Bonchev–Trinajstić information content (AvgIpc) is 2.88. The van der Waals surface area contributed by atoms with Crippen molar-refractivity contribution in [2.24, 2.45) is 0 Å². The van der Waals surface area contributed by atoms with E-state index in [-0.39, 0.29) is 14.9 Å². The van der Waals surface area contributed by atoms with Gasteiger partial charge in [-0.2, -0.15) is 0 Å². The normalized spacial score (nSPS) is 13.8. The minimum Gasteiger partial charge on any atom is -0.426 e. The molecular weight excluding hydrogens is 513 g/mol. The molecule has 0 aliphatic carbocycles. The Labute approximate surface area is 209 Å². The van der Waals surface area contributed by atoms with Gasteiger partial charge in [-0.25, -0.2) is 0 Å². The molecule has 0 aromatic heterocycles. The van der Waals surface area contributed by atoms with Crippen LogP contribution < -0.4 is 20.7 Å². The van der Waals surface area contributed by atoms with Crippen LogP contribution in [0.5, 0.6) is 0 Å². The molecule has 4 aromatic rings. The summed E-state index contributed by atoms with van der Waals surface area (Å²) in [6.45, 7) is 0. The van der Waals surface area contributed by atoms with E-state index in [9.17, 15) is 19.2 Å². The molecule has 35 heavy (non-hydrogen) atoms. The van der Waals surface area contributed by atoms with Crippen molar-refractivity contribution in [2.45, 2.75) is 0 Å². The van der Waals surface area contributed by atoms with Crippen LogP contribution >= 0.6 is 0 Å². The lowest BCUT2D eigenvalue weighted by Gasteiger charge is -2.38. The van der Waals surface area contributed by atoms with Gasteiger partial charge in [-0.3, -0.25) is 0 Å². The summed E-state index contributed by atoms with van der Waals surface area (Å²) in [6.07, 6.45) is 0. The smallest absolute Gasteiger partial charge is 0.426 e. The van der Waals surface area contributed by atoms with Gasteiger partial charge in [-0.05, 0) is 15.6 Å². The lowest BCUT2D eigenvalue weighted by Crippen LogP contribution is -2.74. The zero-order valence-corrected chi connectivity index (χ0v) is 22.6. The lowest BCUT2D eigenvalue weighted by molar-refractivity contribution is 0.0899. The Bertz CT molecular complexity index is 1160. The van der Waals surface area contributed by atoms with E-state index in [1.54, 1.807) is 30.3 Å². The molecule has 0 amide bonds. The molecular formula is C24H24O7Si4.